The van der Waals surface area contributed by atoms with Gasteiger partial charge in [0.05, 0.1) is 10.4 Å². The minimum atomic E-state index is -0.500. The first-order chi connectivity index (χ1) is 10.0. The van der Waals surface area contributed by atoms with Crippen LogP contribution >= 0.6 is 0 Å². The average molecular weight is 286 g/mol. The van der Waals surface area contributed by atoms with E-state index in [1.807, 2.05) is 0 Å². The van der Waals surface area contributed by atoms with Gasteiger partial charge in [0.2, 0.25) is 11.9 Å². The van der Waals surface area contributed by atoms with Gasteiger partial charge in [-0.2, -0.15) is 0 Å². The molecule has 3 rings (SSSR count). The molecule has 21 heavy (non-hydrogen) atoms. The number of hydrogen-bond acceptors (Lipinski definition) is 6. The van der Waals surface area contributed by atoms with Crippen molar-refractivity contribution in [3.05, 3.63) is 50.4 Å². The Kier molecular flexibility index (Phi) is 2.87. The predicted octanol–water partition coefficient (Wildman–Crippen LogP) is 1.61. The molecule has 0 aliphatic heterocycles. The van der Waals surface area contributed by atoms with E-state index in [9.17, 15) is 14.9 Å². The van der Waals surface area contributed by atoms with Crippen molar-refractivity contribution >= 4 is 28.6 Å². The quantitative estimate of drug-likeness (QED) is 0.495. The molecule has 0 aliphatic carbocycles. The number of hydrogen-bond donors (Lipinski definition) is 3. The molecule has 0 saturated carbocycles. The third-order valence-corrected chi connectivity index (χ3v) is 2.79. The fraction of sp³-hybridized carbons (Fsp3) is 0.0833. The van der Waals surface area contributed by atoms with Crippen LogP contribution < -0.4 is 10.9 Å². The number of H-pyrrole nitrogens is 2. The Morgan fingerprint density at radius 2 is 2.00 bits per heavy atom. The second-order valence-electron chi connectivity index (χ2n) is 4.38. The number of para-hydroxylation sites is 1. The van der Waals surface area contributed by atoms with Gasteiger partial charge in [-0.3, -0.25) is 25.2 Å². The van der Waals surface area contributed by atoms with E-state index in [0.717, 1.165) is 0 Å². The second kappa shape index (κ2) is 4.71. The molecule has 0 aliphatic rings. The molecule has 9 heteroatoms. The maximum atomic E-state index is 11.4. The van der Waals surface area contributed by atoms with Crippen molar-refractivity contribution in [2.75, 3.05) is 5.32 Å². The number of nitrogens with one attached hydrogen (secondary N) is 3. The number of nitrogens with zero attached hydrogens (tertiary/aromatic N) is 3. The van der Waals surface area contributed by atoms with E-state index in [2.05, 4.69) is 25.3 Å². The van der Waals surface area contributed by atoms with Crippen molar-refractivity contribution in [1.29, 1.82) is 0 Å². The summed E-state index contributed by atoms with van der Waals surface area (Å²) in [4.78, 5) is 35.4. The van der Waals surface area contributed by atoms with Crippen LogP contribution in [0, 0.1) is 17.0 Å². The Hall–Kier alpha value is -3.23. The highest BCUT2D eigenvalue weighted by Gasteiger charge is 2.15. The van der Waals surface area contributed by atoms with Crippen LogP contribution in [0.5, 0.6) is 0 Å². The molecular formula is C12H10N6O3. The zero-order valence-electron chi connectivity index (χ0n) is 10.9. The number of rotatable bonds is 3. The lowest BCUT2D eigenvalue weighted by atomic mass is 10.3. The number of non-ortho nitro benzene ring substituents is 1. The number of imidazole rings is 1. The summed E-state index contributed by atoms with van der Waals surface area (Å²) in [7, 11) is 0. The number of aromatic amines is 2. The van der Waals surface area contributed by atoms with Crippen LogP contribution in [0.1, 0.15) is 5.69 Å². The molecule has 0 unspecified atom stereocenters. The molecule has 9 nitrogen and oxygen atoms in total. The highest BCUT2D eigenvalue weighted by molar-refractivity contribution is 5.86. The van der Waals surface area contributed by atoms with Crippen LogP contribution in [0.15, 0.2) is 29.1 Å². The standard InChI is InChI=1S/C12H10N6O3/c1-6-5-9(19)15-11(13-6)17-12-14-7-3-2-4-8(18(20)21)10(7)16-12/h2-5H,1H3,(H3,13,14,15,16,17,19). The Bertz CT molecular complexity index is 897. The molecule has 2 heterocycles. The second-order valence-corrected chi connectivity index (χ2v) is 4.38. The van der Waals surface area contributed by atoms with E-state index in [4.69, 9.17) is 0 Å². The van der Waals surface area contributed by atoms with E-state index in [0.29, 0.717) is 11.2 Å². The summed E-state index contributed by atoms with van der Waals surface area (Å²) in [5.41, 5.74) is 0.902. The zero-order chi connectivity index (χ0) is 15.0. The van der Waals surface area contributed by atoms with Gasteiger partial charge in [0.1, 0.15) is 0 Å². The van der Waals surface area contributed by atoms with Gasteiger partial charge >= 0.3 is 0 Å². The summed E-state index contributed by atoms with van der Waals surface area (Å²) in [6, 6.07) is 5.97. The van der Waals surface area contributed by atoms with Crippen LogP contribution in [0.25, 0.3) is 11.0 Å². The highest BCUT2D eigenvalue weighted by atomic mass is 16.6. The van der Waals surface area contributed by atoms with Crippen molar-refractivity contribution in [3.8, 4) is 0 Å². The number of anilines is 2. The Morgan fingerprint density at radius 3 is 2.71 bits per heavy atom. The third kappa shape index (κ3) is 2.43. The van der Waals surface area contributed by atoms with Gasteiger partial charge in [-0.1, -0.05) is 6.07 Å². The first-order valence-corrected chi connectivity index (χ1v) is 6.01. The molecule has 0 atom stereocenters. The van der Waals surface area contributed by atoms with Crippen molar-refractivity contribution in [3.63, 3.8) is 0 Å². The van der Waals surface area contributed by atoms with E-state index >= 15 is 0 Å². The summed E-state index contributed by atoms with van der Waals surface area (Å²) in [5.74, 6) is 0.467. The minimum Gasteiger partial charge on any atom is -0.324 e. The fourth-order valence-electron chi connectivity index (χ4n) is 1.97. The van der Waals surface area contributed by atoms with Gasteiger partial charge in [0.25, 0.3) is 11.2 Å². The summed E-state index contributed by atoms with van der Waals surface area (Å²) >= 11 is 0. The topological polar surface area (TPSA) is 130 Å². The van der Waals surface area contributed by atoms with Crippen LogP contribution in [-0.4, -0.2) is 24.9 Å². The van der Waals surface area contributed by atoms with Gasteiger partial charge in [0.15, 0.2) is 5.52 Å². The molecule has 1 aromatic carbocycles. The van der Waals surface area contributed by atoms with Gasteiger partial charge < -0.3 is 4.98 Å². The number of benzene rings is 1. The lowest BCUT2D eigenvalue weighted by Gasteiger charge is -2.01. The highest BCUT2D eigenvalue weighted by Crippen LogP contribution is 2.25. The van der Waals surface area contributed by atoms with Crippen LogP contribution in [-0.2, 0) is 0 Å². The fourth-order valence-corrected chi connectivity index (χ4v) is 1.97. The van der Waals surface area contributed by atoms with E-state index in [1.54, 1.807) is 19.1 Å². The van der Waals surface area contributed by atoms with Crippen molar-refractivity contribution in [2.24, 2.45) is 0 Å². The van der Waals surface area contributed by atoms with Crippen molar-refractivity contribution in [1.82, 2.24) is 19.9 Å². The van der Waals surface area contributed by atoms with Gasteiger partial charge in [-0.25, -0.2) is 9.97 Å². The lowest BCUT2D eigenvalue weighted by molar-refractivity contribution is -0.383. The lowest BCUT2D eigenvalue weighted by Crippen LogP contribution is -2.10. The molecule has 3 aromatic rings. The van der Waals surface area contributed by atoms with Gasteiger partial charge in [-0.05, 0) is 13.0 Å². The number of aromatic nitrogens is 4. The SMILES string of the molecule is Cc1cc(=O)[nH]c(Nc2nc3c([N+](=O)[O-])cccc3[nH]2)n1. The molecular weight excluding hydrogens is 276 g/mol. The molecule has 0 saturated heterocycles. The van der Waals surface area contributed by atoms with E-state index < -0.39 is 4.92 Å². The molecule has 0 spiro atoms. The minimum absolute atomic E-state index is 0.0949. The molecule has 106 valence electrons. The maximum absolute atomic E-state index is 11.4. The molecule has 0 amide bonds. The largest absolute Gasteiger partial charge is 0.324 e. The van der Waals surface area contributed by atoms with Crippen molar-refractivity contribution in [2.45, 2.75) is 6.92 Å². The molecule has 0 radical (unpaired) electrons. The third-order valence-electron chi connectivity index (χ3n) is 2.79. The number of nitro benzene ring substituents is 1. The van der Waals surface area contributed by atoms with E-state index in [1.165, 1.54) is 12.1 Å². The normalized spacial score (nSPS) is 10.7. The first kappa shape index (κ1) is 12.8. The Balaban J connectivity index is 2.03. The average Bonchev–Trinajstić information content (AvgIpc) is 2.78. The van der Waals surface area contributed by atoms with Gasteiger partial charge in [-0.15, -0.1) is 0 Å². The maximum Gasteiger partial charge on any atom is 0.297 e. The van der Waals surface area contributed by atoms with Crippen LogP contribution in [0.2, 0.25) is 0 Å². The zero-order valence-corrected chi connectivity index (χ0v) is 10.9. The summed E-state index contributed by atoms with van der Waals surface area (Å²) in [5, 5.41) is 13.7. The number of fused-ring (bicyclic) bond motifs is 1. The smallest absolute Gasteiger partial charge is 0.297 e. The Labute approximate surface area is 117 Å². The molecule has 0 fully saturated rings. The molecule has 0 bridgehead atoms. The summed E-state index contributed by atoms with van der Waals surface area (Å²) in [6.07, 6.45) is 0. The first-order valence-electron chi connectivity index (χ1n) is 6.01. The molecule has 3 N–H and O–H groups in total. The van der Waals surface area contributed by atoms with Crippen LogP contribution in [0.3, 0.4) is 0 Å². The summed E-state index contributed by atoms with van der Waals surface area (Å²) < 4.78 is 0. The number of aryl methyl sites for hydroxylation is 1. The van der Waals surface area contributed by atoms with Crippen LogP contribution in [0.4, 0.5) is 17.6 Å². The number of nitro groups is 1. The monoisotopic (exact) mass is 286 g/mol. The summed E-state index contributed by atoms with van der Waals surface area (Å²) in [6.45, 7) is 1.68. The van der Waals surface area contributed by atoms with Crippen molar-refractivity contribution < 1.29 is 4.92 Å². The molecule has 2 aromatic heterocycles. The van der Waals surface area contributed by atoms with Gasteiger partial charge in [0, 0.05) is 17.8 Å². The van der Waals surface area contributed by atoms with E-state index in [-0.39, 0.29) is 28.7 Å². The predicted molar refractivity (Wildman–Crippen MR) is 75.6 cm³/mol. The Morgan fingerprint density at radius 1 is 1.24 bits per heavy atom.